The van der Waals surface area contributed by atoms with Crippen LogP contribution in [0.2, 0.25) is 0 Å². The maximum atomic E-state index is 12.1. The molecule has 2 aromatic carbocycles. The maximum Gasteiger partial charge on any atom is 0.236 e. The number of thiazole rings is 1. The van der Waals surface area contributed by atoms with Crippen LogP contribution >= 0.6 is 23.1 Å². The zero-order chi connectivity index (χ0) is 16.9. The lowest BCUT2D eigenvalue weighted by Gasteiger charge is -2.02. The zero-order valence-electron chi connectivity index (χ0n) is 13.0. The molecule has 3 aromatic rings. The van der Waals surface area contributed by atoms with Crippen molar-refractivity contribution in [3.05, 3.63) is 42.5 Å². The number of benzene rings is 2. The van der Waals surface area contributed by atoms with Crippen molar-refractivity contribution < 1.29 is 14.6 Å². The molecule has 0 atom stereocenters. The molecular weight excluding hydrogens is 344 g/mol. The molecule has 1 amide bonds. The molecule has 24 heavy (non-hydrogen) atoms. The number of thioether (sulfide) groups is 1. The quantitative estimate of drug-likeness (QED) is 0.647. The Morgan fingerprint density at radius 3 is 2.83 bits per heavy atom. The van der Waals surface area contributed by atoms with Gasteiger partial charge in [-0.2, -0.15) is 0 Å². The van der Waals surface area contributed by atoms with E-state index in [0.717, 1.165) is 20.9 Å². The summed E-state index contributed by atoms with van der Waals surface area (Å²) in [5.41, 5.74) is 0.838. The van der Waals surface area contributed by atoms with Crippen LogP contribution in [-0.2, 0) is 4.79 Å². The van der Waals surface area contributed by atoms with E-state index in [4.69, 9.17) is 4.74 Å². The van der Waals surface area contributed by atoms with E-state index in [9.17, 15) is 9.90 Å². The highest BCUT2D eigenvalue weighted by Gasteiger charge is 2.09. The predicted octanol–water partition coefficient (Wildman–Crippen LogP) is 4.13. The third-order valence-corrected chi connectivity index (χ3v) is 5.07. The highest BCUT2D eigenvalue weighted by Crippen LogP contribution is 2.29. The molecule has 3 rings (SSSR count). The van der Waals surface area contributed by atoms with E-state index in [2.05, 4.69) is 10.3 Å². The SMILES string of the molecule is CCOc1ccc2nc(NC(=O)CSc3ccc(O)cc3)sc2c1. The largest absolute Gasteiger partial charge is 0.508 e. The third-order valence-electron chi connectivity index (χ3n) is 3.12. The summed E-state index contributed by atoms with van der Waals surface area (Å²) in [7, 11) is 0. The van der Waals surface area contributed by atoms with Crippen LogP contribution in [0.3, 0.4) is 0 Å². The topological polar surface area (TPSA) is 71.5 Å². The van der Waals surface area contributed by atoms with Gasteiger partial charge in [0.25, 0.3) is 0 Å². The number of fused-ring (bicyclic) bond motifs is 1. The van der Waals surface area contributed by atoms with Gasteiger partial charge in [0.05, 0.1) is 22.6 Å². The van der Waals surface area contributed by atoms with Crippen molar-refractivity contribution in [2.75, 3.05) is 17.7 Å². The minimum atomic E-state index is -0.114. The second-order valence-corrected chi connectivity index (χ2v) is 6.99. The summed E-state index contributed by atoms with van der Waals surface area (Å²) in [4.78, 5) is 17.4. The van der Waals surface area contributed by atoms with Gasteiger partial charge in [-0.3, -0.25) is 4.79 Å². The van der Waals surface area contributed by atoms with E-state index >= 15 is 0 Å². The molecule has 0 unspecified atom stereocenters. The smallest absolute Gasteiger partial charge is 0.236 e. The number of anilines is 1. The number of hydrogen-bond donors (Lipinski definition) is 2. The first-order valence-corrected chi connectivity index (χ1v) is 9.19. The molecule has 5 nitrogen and oxygen atoms in total. The highest BCUT2D eigenvalue weighted by atomic mass is 32.2. The van der Waals surface area contributed by atoms with Crippen LogP contribution in [0, 0.1) is 0 Å². The van der Waals surface area contributed by atoms with Crippen LogP contribution in [-0.4, -0.2) is 28.4 Å². The van der Waals surface area contributed by atoms with Gasteiger partial charge in [0.2, 0.25) is 5.91 Å². The first kappa shape index (κ1) is 16.6. The number of carbonyl (C=O) groups excluding carboxylic acids is 1. The Morgan fingerprint density at radius 1 is 1.29 bits per heavy atom. The molecule has 0 bridgehead atoms. The summed E-state index contributed by atoms with van der Waals surface area (Å²) < 4.78 is 6.45. The second-order valence-electron chi connectivity index (χ2n) is 4.91. The molecule has 1 heterocycles. The van der Waals surface area contributed by atoms with Gasteiger partial charge in [0.15, 0.2) is 5.13 Å². The predicted molar refractivity (Wildman–Crippen MR) is 98.2 cm³/mol. The molecular formula is C17H16N2O3S2. The number of hydrogen-bond acceptors (Lipinski definition) is 6. The normalized spacial score (nSPS) is 10.7. The second kappa shape index (κ2) is 7.55. The summed E-state index contributed by atoms with van der Waals surface area (Å²) in [6, 6.07) is 12.4. The molecule has 7 heteroatoms. The lowest BCUT2D eigenvalue weighted by atomic mass is 10.3. The van der Waals surface area contributed by atoms with E-state index in [1.807, 2.05) is 25.1 Å². The van der Waals surface area contributed by atoms with E-state index in [1.54, 1.807) is 24.3 Å². The Balaban J connectivity index is 1.61. The fraction of sp³-hybridized carbons (Fsp3) is 0.176. The number of nitrogens with zero attached hydrogens (tertiary/aromatic N) is 1. The molecule has 124 valence electrons. The average Bonchev–Trinajstić information content (AvgIpc) is 2.96. The summed E-state index contributed by atoms with van der Waals surface area (Å²) in [6.07, 6.45) is 0. The average molecular weight is 360 g/mol. The molecule has 1 aromatic heterocycles. The Morgan fingerprint density at radius 2 is 2.08 bits per heavy atom. The number of rotatable bonds is 6. The van der Waals surface area contributed by atoms with Crippen molar-refractivity contribution in [1.82, 2.24) is 4.98 Å². The van der Waals surface area contributed by atoms with E-state index < -0.39 is 0 Å². The van der Waals surface area contributed by atoms with Crippen molar-refractivity contribution >= 4 is 44.4 Å². The molecule has 0 saturated heterocycles. The number of aromatic nitrogens is 1. The van der Waals surface area contributed by atoms with E-state index in [1.165, 1.54) is 23.1 Å². The van der Waals surface area contributed by atoms with Crippen LogP contribution < -0.4 is 10.1 Å². The van der Waals surface area contributed by atoms with Crippen molar-refractivity contribution in [2.24, 2.45) is 0 Å². The first-order chi connectivity index (χ1) is 11.6. The standard InChI is InChI=1S/C17H16N2O3S2/c1-2-22-12-5-8-14-15(9-12)24-17(18-14)19-16(21)10-23-13-6-3-11(20)4-7-13/h3-9,20H,2,10H2,1H3,(H,18,19,21). The van der Waals surface area contributed by atoms with Gasteiger partial charge in [0, 0.05) is 4.90 Å². The number of amides is 1. The molecule has 0 fully saturated rings. The number of nitrogens with one attached hydrogen (secondary N) is 1. The van der Waals surface area contributed by atoms with Crippen molar-refractivity contribution in [1.29, 1.82) is 0 Å². The van der Waals surface area contributed by atoms with Crippen molar-refractivity contribution in [3.63, 3.8) is 0 Å². The van der Waals surface area contributed by atoms with Gasteiger partial charge in [-0.05, 0) is 49.4 Å². The number of phenolic OH excluding ortho intramolecular Hbond substituents is 1. The minimum absolute atomic E-state index is 0.114. The molecule has 0 aliphatic heterocycles. The molecule has 0 aliphatic rings. The Labute approximate surface area is 147 Å². The zero-order valence-corrected chi connectivity index (χ0v) is 14.6. The lowest BCUT2D eigenvalue weighted by Crippen LogP contribution is -2.13. The summed E-state index contributed by atoms with van der Waals surface area (Å²) in [6.45, 7) is 2.55. The number of phenols is 1. The van der Waals surface area contributed by atoms with E-state index in [0.29, 0.717) is 11.7 Å². The lowest BCUT2D eigenvalue weighted by molar-refractivity contribution is -0.113. The molecule has 0 aliphatic carbocycles. The van der Waals surface area contributed by atoms with Crippen molar-refractivity contribution in [2.45, 2.75) is 11.8 Å². The van der Waals surface area contributed by atoms with Crippen LogP contribution in [0.1, 0.15) is 6.92 Å². The fourth-order valence-electron chi connectivity index (χ4n) is 2.06. The number of carbonyl (C=O) groups is 1. The minimum Gasteiger partial charge on any atom is -0.508 e. The van der Waals surface area contributed by atoms with Gasteiger partial charge >= 0.3 is 0 Å². The Bertz CT molecular complexity index is 847. The Kier molecular flexibility index (Phi) is 5.22. The monoisotopic (exact) mass is 360 g/mol. The molecule has 0 radical (unpaired) electrons. The fourth-order valence-corrected chi connectivity index (χ4v) is 3.67. The summed E-state index contributed by atoms with van der Waals surface area (Å²) in [5, 5.41) is 12.6. The van der Waals surface area contributed by atoms with Crippen LogP contribution in [0.15, 0.2) is 47.4 Å². The molecule has 2 N–H and O–H groups in total. The molecule has 0 saturated carbocycles. The third kappa shape index (κ3) is 4.18. The van der Waals surface area contributed by atoms with Gasteiger partial charge in [-0.15, -0.1) is 11.8 Å². The molecule has 0 spiro atoms. The van der Waals surface area contributed by atoms with Crippen LogP contribution in [0.4, 0.5) is 5.13 Å². The summed E-state index contributed by atoms with van der Waals surface area (Å²) in [5.74, 6) is 1.18. The van der Waals surface area contributed by atoms with Gasteiger partial charge in [-0.1, -0.05) is 11.3 Å². The van der Waals surface area contributed by atoms with Gasteiger partial charge in [-0.25, -0.2) is 4.98 Å². The van der Waals surface area contributed by atoms with Gasteiger partial charge < -0.3 is 15.2 Å². The number of aromatic hydroxyl groups is 1. The Hall–Kier alpha value is -2.25. The van der Waals surface area contributed by atoms with Crippen LogP contribution in [0.5, 0.6) is 11.5 Å². The summed E-state index contributed by atoms with van der Waals surface area (Å²) >= 11 is 2.83. The van der Waals surface area contributed by atoms with E-state index in [-0.39, 0.29) is 17.4 Å². The number of ether oxygens (including phenoxy) is 1. The maximum absolute atomic E-state index is 12.1. The highest BCUT2D eigenvalue weighted by molar-refractivity contribution is 8.00. The van der Waals surface area contributed by atoms with Gasteiger partial charge in [0.1, 0.15) is 11.5 Å². The first-order valence-electron chi connectivity index (χ1n) is 7.39. The van der Waals surface area contributed by atoms with Crippen LogP contribution in [0.25, 0.3) is 10.2 Å². The van der Waals surface area contributed by atoms with Crippen molar-refractivity contribution in [3.8, 4) is 11.5 Å².